The largest absolute Gasteiger partial charge is 0.352 e. The molecule has 3 rings (SSSR count). The molecular weight excluding hydrogens is 314 g/mol. The van der Waals surface area contributed by atoms with Crippen LogP contribution in [0.4, 0.5) is 0 Å². The normalized spacial score (nSPS) is 15.5. The predicted octanol–water partition coefficient (Wildman–Crippen LogP) is 2.48. The standard InChI is InChI=1S/C20H23N3O2/c24-19(16-9-6-12-21-14-16)23-18(13-15-7-2-1-3-8-15)20(25)22-17-10-4-5-11-17/h1-3,6-9,12,14,17-18H,4-5,10-11,13H2,(H,22,25)(H,23,24). The quantitative estimate of drug-likeness (QED) is 0.851. The van der Waals surface area contributed by atoms with Crippen LogP contribution in [0.25, 0.3) is 0 Å². The lowest BCUT2D eigenvalue weighted by molar-refractivity contribution is -0.123. The Morgan fingerprint density at radius 2 is 1.84 bits per heavy atom. The summed E-state index contributed by atoms with van der Waals surface area (Å²) in [6, 6.07) is 12.8. The van der Waals surface area contributed by atoms with Crippen molar-refractivity contribution in [3.8, 4) is 0 Å². The zero-order valence-corrected chi connectivity index (χ0v) is 14.2. The molecule has 0 aliphatic heterocycles. The van der Waals surface area contributed by atoms with Crippen molar-refractivity contribution in [1.29, 1.82) is 0 Å². The number of rotatable bonds is 6. The predicted molar refractivity (Wildman–Crippen MR) is 96.0 cm³/mol. The van der Waals surface area contributed by atoms with Crippen molar-refractivity contribution >= 4 is 11.8 Å². The van der Waals surface area contributed by atoms with Crippen LogP contribution in [0, 0.1) is 0 Å². The second-order valence-corrected chi connectivity index (χ2v) is 6.45. The molecule has 1 aliphatic carbocycles. The Kier molecular flexibility index (Phi) is 5.77. The molecule has 0 bridgehead atoms. The first kappa shape index (κ1) is 17.1. The molecule has 130 valence electrons. The van der Waals surface area contributed by atoms with Gasteiger partial charge in [0.1, 0.15) is 6.04 Å². The molecule has 2 aromatic rings. The molecule has 0 spiro atoms. The number of hydrogen-bond acceptors (Lipinski definition) is 3. The number of hydrogen-bond donors (Lipinski definition) is 2. The van der Waals surface area contributed by atoms with Gasteiger partial charge in [-0.15, -0.1) is 0 Å². The van der Waals surface area contributed by atoms with E-state index in [9.17, 15) is 9.59 Å². The summed E-state index contributed by atoms with van der Waals surface area (Å²) in [5.74, 6) is -0.399. The lowest BCUT2D eigenvalue weighted by atomic mass is 10.0. The van der Waals surface area contributed by atoms with Gasteiger partial charge in [0.2, 0.25) is 5.91 Å². The highest BCUT2D eigenvalue weighted by atomic mass is 16.2. The van der Waals surface area contributed by atoms with Crippen LogP contribution in [-0.2, 0) is 11.2 Å². The van der Waals surface area contributed by atoms with Gasteiger partial charge in [-0.2, -0.15) is 0 Å². The molecule has 1 fully saturated rings. The molecular formula is C20H23N3O2. The maximum absolute atomic E-state index is 12.7. The van der Waals surface area contributed by atoms with Crippen LogP contribution in [-0.4, -0.2) is 28.9 Å². The van der Waals surface area contributed by atoms with Gasteiger partial charge in [-0.3, -0.25) is 14.6 Å². The minimum absolute atomic E-state index is 0.118. The zero-order valence-electron chi connectivity index (χ0n) is 14.2. The van der Waals surface area contributed by atoms with E-state index in [1.807, 2.05) is 30.3 Å². The van der Waals surface area contributed by atoms with E-state index in [0.29, 0.717) is 12.0 Å². The third kappa shape index (κ3) is 4.89. The molecule has 1 saturated carbocycles. The van der Waals surface area contributed by atoms with Crippen molar-refractivity contribution in [2.45, 2.75) is 44.2 Å². The summed E-state index contributed by atoms with van der Waals surface area (Å²) < 4.78 is 0. The molecule has 25 heavy (non-hydrogen) atoms. The number of benzene rings is 1. The molecule has 1 aromatic heterocycles. The average molecular weight is 337 g/mol. The Morgan fingerprint density at radius 3 is 2.52 bits per heavy atom. The van der Waals surface area contributed by atoms with Crippen molar-refractivity contribution in [2.24, 2.45) is 0 Å². The molecule has 1 aliphatic rings. The number of aromatic nitrogens is 1. The van der Waals surface area contributed by atoms with Gasteiger partial charge in [-0.05, 0) is 30.5 Å². The van der Waals surface area contributed by atoms with E-state index in [2.05, 4.69) is 15.6 Å². The van der Waals surface area contributed by atoms with E-state index >= 15 is 0 Å². The van der Waals surface area contributed by atoms with Crippen LogP contribution in [0.15, 0.2) is 54.9 Å². The topological polar surface area (TPSA) is 71.1 Å². The molecule has 1 heterocycles. The Hall–Kier alpha value is -2.69. The molecule has 1 unspecified atom stereocenters. The van der Waals surface area contributed by atoms with Crippen molar-refractivity contribution in [3.05, 3.63) is 66.0 Å². The lowest BCUT2D eigenvalue weighted by Gasteiger charge is -2.21. The van der Waals surface area contributed by atoms with Crippen molar-refractivity contribution < 1.29 is 9.59 Å². The Bertz CT molecular complexity index is 697. The second-order valence-electron chi connectivity index (χ2n) is 6.45. The first-order chi connectivity index (χ1) is 12.2. The number of pyridine rings is 1. The summed E-state index contributed by atoms with van der Waals surface area (Å²) in [5.41, 5.74) is 1.47. The summed E-state index contributed by atoms with van der Waals surface area (Å²) in [7, 11) is 0. The maximum atomic E-state index is 12.7. The number of amides is 2. The highest BCUT2D eigenvalue weighted by molar-refractivity contribution is 5.97. The molecule has 2 amide bonds. The van der Waals surface area contributed by atoms with Gasteiger partial charge in [0.05, 0.1) is 5.56 Å². The number of carbonyl (C=O) groups is 2. The fourth-order valence-electron chi connectivity index (χ4n) is 3.17. The van der Waals surface area contributed by atoms with Gasteiger partial charge in [0.25, 0.3) is 5.91 Å². The lowest BCUT2D eigenvalue weighted by Crippen LogP contribution is -2.50. The highest BCUT2D eigenvalue weighted by Gasteiger charge is 2.25. The molecule has 5 heteroatoms. The summed E-state index contributed by atoms with van der Waals surface area (Å²) >= 11 is 0. The monoisotopic (exact) mass is 337 g/mol. The fraction of sp³-hybridized carbons (Fsp3) is 0.350. The van der Waals surface area contributed by atoms with Crippen molar-refractivity contribution in [3.63, 3.8) is 0 Å². The van der Waals surface area contributed by atoms with E-state index in [0.717, 1.165) is 31.2 Å². The van der Waals surface area contributed by atoms with Gasteiger partial charge >= 0.3 is 0 Å². The SMILES string of the molecule is O=C(NC(Cc1ccccc1)C(=O)NC1CCCC1)c1cccnc1. The summed E-state index contributed by atoms with van der Waals surface area (Å²) in [6.07, 6.45) is 7.91. The van der Waals surface area contributed by atoms with Gasteiger partial charge in [-0.1, -0.05) is 43.2 Å². The molecule has 5 nitrogen and oxygen atoms in total. The number of nitrogens with zero attached hydrogens (tertiary/aromatic N) is 1. The van der Waals surface area contributed by atoms with Crippen LogP contribution in [0.3, 0.4) is 0 Å². The van der Waals surface area contributed by atoms with Crippen molar-refractivity contribution in [2.75, 3.05) is 0 Å². The molecule has 1 atom stereocenters. The van der Waals surface area contributed by atoms with Gasteiger partial charge < -0.3 is 10.6 Å². The third-order valence-corrected chi connectivity index (χ3v) is 4.53. The Balaban J connectivity index is 1.71. The van der Waals surface area contributed by atoms with E-state index in [4.69, 9.17) is 0 Å². The minimum Gasteiger partial charge on any atom is -0.352 e. The average Bonchev–Trinajstić information content (AvgIpc) is 3.15. The minimum atomic E-state index is -0.601. The smallest absolute Gasteiger partial charge is 0.253 e. The van der Waals surface area contributed by atoms with Crippen molar-refractivity contribution in [1.82, 2.24) is 15.6 Å². The molecule has 1 aromatic carbocycles. The summed E-state index contributed by atoms with van der Waals surface area (Å²) in [5, 5.41) is 5.95. The van der Waals surface area contributed by atoms with Gasteiger partial charge in [0.15, 0.2) is 0 Å². The first-order valence-corrected chi connectivity index (χ1v) is 8.77. The Labute approximate surface area is 147 Å². The van der Waals surface area contributed by atoms with E-state index in [1.54, 1.807) is 18.3 Å². The number of nitrogens with one attached hydrogen (secondary N) is 2. The van der Waals surface area contributed by atoms with Crippen LogP contribution >= 0.6 is 0 Å². The second kappa shape index (κ2) is 8.42. The summed E-state index contributed by atoms with van der Waals surface area (Å²) in [4.78, 5) is 29.1. The van der Waals surface area contributed by atoms with E-state index in [1.165, 1.54) is 6.20 Å². The third-order valence-electron chi connectivity index (χ3n) is 4.53. The fourth-order valence-corrected chi connectivity index (χ4v) is 3.17. The van der Waals surface area contributed by atoms with Crippen LogP contribution in [0.2, 0.25) is 0 Å². The summed E-state index contributed by atoms with van der Waals surface area (Å²) in [6.45, 7) is 0. The molecule has 2 N–H and O–H groups in total. The van der Waals surface area contributed by atoms with Crippen LogP contribution in [0.1, 0.15) is 41.6 Å². The van der Waals surface area contributed by atoms with Crippen LogP contribution in [0.5, 0.6) is 0 Å². The molecule has 0 radical (unpaired) electrons. The highest BCUT2D eigenvalue weighted by Crippen LogP contribution is 2.18. The Morgan fingerprint density at radius 1 is 1.08 bits per heavy atom. The molecule has 0 saturated heterocycles. The first-order valence-electron chi connectivity index (χ1n) is 8.77. The van der Waals surface area contributed by atoms with Gasteiger partial charge in [0, 0.05) is 24.9 Å². The zero-order chi connectivity index (χ0) is 17.5. The van der Waals surface area contributed by atoms with E-state index in [-0.39, 0.29) is 17.9 Å². The van der Waals surface area contributed by atoms with Gasteiger partial charge in [-0.25, -0.2) is 0 Å². The van der Waals surface area contributed by atoms with Crippen LogP contribution < -0.4 is 10.6 Å². The maximum Gasteiger partial charge on any atom is 0.253 e. The van der Waals surface area contributed by atoms with E-state index < -0.39 is 6.04 Å². The number of carbonyl (C=O) groups excluding carboxylic acids is 2.